The summed E-state index contributed by atoms with van der Waals surface area (Å²) in [6.07, 6.45) is 2.05. The van der Waals surface area contributed by atoms with E-state index in [1.54, 1.807) is 6.20 Å². The Morgan fingerprint density at radius 2 is 2.43 bits per heavy atom. The molecule has 1 amide bonds. The van der Waals surface area contributed by atoms with Crippen LogP contribution in [0.4, 0.5) is 0 Å². The largest absolute Gasteiger partial charge is 0.350 e. The molecule has 5 heteroatoms. The highest BCUT2D eigenvalue weighted by Gasteiger charge is 2.15. The number of aromatic nitrogens is 1. The van der Waals surface area contributed by atoms with Crippen molar-refractivity contribution in [3.05, 3.63) is 16.6 Å². The van der Waals surface area contributed by atoms with Crippen LogP contribution < -0.4 is 11.1 Å². The van der Waals surface area contributed by atoms with Crippen molar-refractivity contribution >= 4 is 17.2 Å². The van der Waals surface area contributed by atoms with Gasteiger partial charge in [0, 0.05) is 23.5 Å². The van der Waals surface area contributed by atoms with Gasteiger partial charge in [0.2, 0.25) is 5.91 Å². The normalized spacial score (nSPS) is 11.4. The van der Waals surface area contributed by atoms with Crippen molar-refractivity contribution in [3.63, 3.8) is 0 Å². The number of hydrogen-bond donors (Lipinski definition) is 2. The third kappa shape index (κ3) is 4.34. The van der Waals surface area contributed by atoms with Crippen LogP contribution in [0.25, 0.3) is 0 Å². The number of nitrogens with zero attached hydrogens (tertiary/aromatic N) is 1. The topological polar surface area (TPSA) is 68.0 Å². The lowest BCUT2D eigenvalue weighted by Gasteiger charge is -2.17. The summed E-state index contributed by atoms with van der Waals surface area (Å²) >= 11 is 1.53. The monoisotopic (exact) mass is 213 g/mol. The molecule has 0 radical (unpaired) electrons. The third-order valence-corrected chi connectivity index (χ3v) is 2.32. The van der Waals surface area contributed by atoms with Crippen molar-refractivity contribution in [2.45, 2.75) is 32.4 Å². The number of amides is 1. The van der Waals surface area contributed by atoms with Gasteiger partial charge in [-0.05, 0) is 13.8 Å². The first-order chi connectivity index (χ1) is 6.47. The Morgan fingerprint density at radius 1 is 1.71 bits per heavy atom. The lowest BCUT2D eigenvalue weighted by Crippen LogP contribution is -2.38. The molecule has 14 heavy (non-hydrogen) atoms. The Bertz CT molecular complexity index is 290. The first kappa shape index (κ1) is 11.1. The van der Waals surface area contributed by atoms with Gasteiger partial charge >= 0.3 is 0 Å². The Hall–Kier alpha value is -0.940. The van der Waals surface area contributed by atoms with Crippen LogP contribution in [0.15, 0.2) is 11.6 Å². The highest BCUT2D eigenvalue weighted by Crippen LogP contribution is 2.05. The van der Waals surface area contributed by atoms with Gasteiger partial charge in [-0.25, -0.2) is 4.98 Å². The van der Waals surface area contributed by atoms with Gasteiger partial charge < -0.3 is 11.1 Å². The average molecular weight is 213 g/mol. The fourth-order valence-electron chi connectivity index (χ4n) is 0.991. The van der Waals surface area contributed by atoms with Crippen molar-refractivity contribution in [1.29, 1.82) is 0 Å². The number of thiazole rings is 1. The molecule has 0 fully saturated rings. The van der Waals surface area contributed by atoms with Crippen LogP contribution in [0.5, 0.6) is 0 Å². The highest BCUT2D eigenvalue weighted by molar-refractivity contribution is 7.09. The van der Waals surface area contributed by atoms with Crippen LogP contribution >= 0.6 is 11.3 Å². The van der Waals surface area contributed by atoms with Crippen molar-refractivity contribution in [2.24, 2.45) is 5.73 Å². The number of nitrogens with one attached hydrogen (secondary N) is 1. The minimum Gasteiger partial charge on any atom is -0.350 e. The maximum atomic E-state index is 11.3. The van der Waals surface area contributed by atoms with Gasteiger partial charge in [-0.3, -0.25) is 4.79 Å². The van der Waals surface area contributed by atoms with Gasteiger partial charge in [0.15, 0.2) is 0 Å². The Morgan fingerprint density at radius 3 is 2.93 bits per heavy atom. The van der Waals surface area contributed by atoms with E-state index in [0.29, 0.717) is 13.0 Å². The zero-order valence-corrected chi connectivity index (χ0v) is 9.23. The number of rotatable bonds is 4. The van der Waals surface area contributed by atoms with Crippen LogP contribution in [-0.2, 0) is 11.3 Å². The predicted octanol–water partition coefficient (Wildman–Crippen LogP) is 0.887. The van der Waals surface area contributed by atoms with Crippen LogP contribution in [0, 0.1) is 0 Å². The number of carbonyl (C=O) groups is 1. The molecule has 0 saturated carbocycles. The molecule has 1 aromatic rings. The molecule has 0 atom stereocenters. The van der Waals surface area contributed by atoms with Crippen LogP contribution in [-0.4, -0.2) is 16.4 Å². The number of carbonyl (C=O) groups excluding carboxylic acids is 1. The number of hydrogen-bond acceptors (Lipinski definition) is 4. The zero-order valence-electron chi connectivity index (χ0n) is 8.41. The van der Waals surface area contributed by atoms with E-state index in [2.05, 4.69) is 10.3 Å². The third-order valence-electron chi connectivity index (χ3n) is 1.54. The Balaban J connectivity index is 2.29. The first-order valence-corrected chi connectivity index (χ1v) is 5.29. The van der Waals surface area contributed by atoms with Crippen molar-refractivity contribution in [1.82, 2.24) is 10.3 Å². The van der Waals surface area contributed by atoms with Crippen LogP contribution in [0.1, 0.15) is 25.3 Å². The van der Waals surface area contributed by atoms with Gasteiger partial charge in [0.25, 0.3) is 0 Å². The quantitative estimate of drug-likeness (QED) is 0.780. The van der Waals surface area contributed by atoms with Gasteiger partial charge in [0.1, 0.15) is 5.01 Å². The fourth-order valence-corrected chi connectivity index (χ4v) is 1.55. The second kappa shape index (κ2) is 4.52. The molecule has 0 aliphatic rings. The van der Waals surface area contributed by atoms with Gasteiger partial charge in [-0.15, -0.1) is 11.3 Å². The molecule has 78 valence electrons. The molecule has 0 aliphatic carbocycles. The van der Waals surface area contributed by atoms with Gasteiger partial charge in [0.05, 0.1) is 6.54 Å². The SMILES string of the molecule is CC(C)(N)CC(=O)NCc1nccs1. The lowest BCUT2D eigenvalue weighted by atomic mass is 10.0. The minimum atomic E-state index is -0.451. The maximum absolute atomic E-state index is 11.3. The van der Waals surface area contributed by atoms with E-state index in [1.807, 2.05) is 19.2 Å². The Labute approximate surface area is 87.5 Å². The molecule has 4 nitrogen and oxygen atoms in total. The number of nitrogens with two attached hydrogens (primary N) is 1. The molecule has 0 saturated heterocycles. The van der Waals surface area contributed by atoms with E-state index in [-0.39, 0.29) is 5.91 Å². The summed E-state index contributed by atoms with van der Waals surface area (Å²) in [6.45, 7) is 4.15. The summed E-state index contributed by atoms with van der Waals surface area (Å²) in [5, 5.41) is 5.56. The molecular weight excluding hydrogens is 198 g/mol. The predicted molar refractivity (Wildman–Crippen MR) is 56.8 cm³/mol. The molecule has 0 aromatic carbocycles. The van der Waals surface area contributed by atoms with E-state index in [4.69, 9.17) is 5.73 Å². The molecule has 1 aromatic heterocycles. The summed E-state index contributed by atoms with van der Waals surface area (Å²) in [4.78, 5) is 15.4. The smallest absolute Gasteiger partial charge is 0.222 e. The van der Waals surface area contributed by atoms with E-state index >= 15 is 0 Å². The van der Waals surface area contributed by atoms with E-state index in [1.165, 1.54) is 11.3 Å². The van der Waals surface area contributed by atoms with E-state index in [0.717, 1.165) is 5.01 Å². The summed E-state index contributed by atoms with van der Waals surface area (Å²) in [6, 6.07) is 0. The van der Waals surface area contributed by atoms with Gasteiger partial charge in [-0.2, -0.15) is 0 Å². The van der Waals surface area contributed by atoms with Crippen LogP contribution in [0.3, 0.4) is 0 Å². The zero-order chi connectivity index (χ0) is 10.6. The van der Waals surface area contributed by atoms with Crippen molar-refractivity contribution in [3.8, 4) is 0 Å². The molecule has 0 unspecified atom stereocenters. The maximum Gasteiger partial charge on any atom is 0.222 e. The highest BCUT2D eigenvalue weighted by atomic mass is 32.1. The molecule has 0 bridgehead atoms. The molecule has 1 heterocycles. The molecule has 1 rings (SSSR count). The summed E-state index contributed by atoms with van der Waals surface area (Å²) in [5.74, 6) is -0.0345. The summed E-state index contributed by atoms with van der Waals surface area (Å²) < 4.78 is 0. The molecular formula is C9H15N3OS. The Kier molecular flexibility index (Phi) is 3.60. The van der Waals surface area contributed by atoms with Gasteiger partial charge in [-0.1, -0.05) is 0 Å². The molecule has 0 aliphatic heterocycles. The second-order valence-corrected chi connectivity index (χ2v) is 4.85. The summed E-state index contributed by atoms with van der Waals surface area (Å²) in [5.41, 5.74) is 5.26. The minimum absolute atomic E-state index is 0.0345. The van der Waals surface area contributed by atoms with E-state index in [9.17, 15) is 4.79 Å². The van der Waals surface area contributed by atoms with Crippen molar-refractivity contribution < 1.29 is 4.79 Å². The lowest BCUT2D eigenvalue weighted by molar-refractivity contribution is -0.122. The second-order valence-electron chi connectivity index (χ2n) is 3.87. The molecule has 0 spiro atoms. The standard InChI is InChI=1S/C9H15N3OS/c1-9(2,10)5-7(13)12-6-8-11-3-4-14-8/h3-4H,5-6,10H2,1-2H3,(H,12,13). The summed E-state index contributed by atoms with van der Waals surface area (Å²) in [7, 11) is 0. The van der Waals surface area contributed by atoms with E-state index < -0.39 is 5.54 Å². The van der Waals surface area contributed by atoms with Crippen LogP contribution in [0.2, 0.25) is 0 Å². The first-order valence-electron chi connectivity index (χ1n) is 4.41. The molecule has 3 N–H and O–H groups in total. The average Bonchev–Trinajstić information content (AvgIpc) is 2.49. The fraction of sp³-hybridized carbons (Fsp3) is 0.556. The van der Waals surface area contributed by atoms with Crippen molar-refractivity contribution in [2.75, 3.05) is 0 Å².